The second-order valence-electron chi connectivity index (χ2n) is 24.0. The molecule has 0 unspecified atom stereocenters. The number of thiazole rings is 1. The third kappa shape index (κ3) is 15.0. The molecule has 2 atom stereocenters. The van der Waals surface area contributed by atoms with Crippen molar-refractivity contribution in [3.8, 4) is 11.5 Å². The van der Waals surface area contributed by atoms with Crippen molar-refractivity contribution in [1.29, 1.82) is 0 Å². The number of quaternary nitrogens is 1. The molecule has 3 N–H and O–H groups in total. The average molecular weight is 1230 g/mol. The highest BCUT2D eigenvalue weighted by Gasteiger charge is 2.56. The van der Waals surface area contributed by atoms with Gasteiger partial charge in [0.15, 0.2) is 22.7 Å². The predicted molar refractivity (Wildman–Crippen MR) is 330 cm³/mol. The summed E-state index contributed by atoms with van der Waals surface area (Å²) >= 11 is 2.34. The number of anilines is 1. The number of aromatic nitrogens is 2. The smallest absolute Gasteiger partial charge is 0.413 e. The molecule has 9 rings (SSSR count). The van der Waals surface area contributed by atoms with Crippen molar-refractivity contribution in [2.75, 3.05) is 50.9 Å². The minimum Gasteiger partial charge on any atom is -0.497 e. The fourth-order valence-electron chi connectivity index (χ4n) is 10.5. The molecule has 4 aromatic carbocycles. The lowest BCUT2D eigenvalue weighted by atomic mass is 10.00. The summed E-state index contributed by atoms with van der Waals surface area (Å²) in [5.74, 6) is -2.25. The van der Waals surface area contributed by atoms with Crippen LogP contribution in [0.25, 0.3) is 10.9 Å². The molecule has 458 valence electrons. The number of likely N-dealkylation sites (tertiary alicyclic amines) is 1. The zero-order chi connectivity index (χ0) is 62.4. The van der Waals surface area contributed by atoms with E-state index in [1.807, 2.05) is 84.9 Å². The van der Waals surface area contributed by atoms with Crippen molar-refractivity contribution >= 4 is 80.6 Å². The molecule has 2 saturated heterocycles. The quantitative estimate of drug-likeness (QED) is 0.0152. The molecule has 5 heterocycles. The van der Waals surface area contributed by atoms with Crippen molar-refractivity contribution < 1.29 is 61.8 Å². The Hall–Kier alpha value is -8.54. The molecular formula is C64H73N8O13S2+. The monoisotopic (exact) mass is 1230 g/mol. The van der Waals surface area contributed by atoms with Gasteiger partial charge in [-0.3, -0.25) is 29.4 Å². The summed E-state index contributed by atoms with van der Waals surface area (Å²) in [6.45, 7) is 15.7. The SMILES string of the molecule is COc1ccc(COc2cn(C)c3c(C(=O)NCC[N+]4(CC5=C(C(=O)OC(c6ccccc6)c6ccccc6)N6C(=O)[C@@H](NC(=O)C(=NOC(C)(C)C(=O)OC(C)(C)C)c7csc(NC(=O)OC(C)(C)C)n7)[C@H]6SC5)CCCC4)cccc3c2=O)cc1. The number of pyridine rings is 1. The van der Waals surface area contributed by atoms with Crippen molar-refractivity contribution in [2.45, 2.75) is 109 Å². The number of hydrogen-bond acceptors (Lipinski definition) is 17. The Bertz CT molecular complexity index is 3640. The van der Waals surface area contributed by atoms with Gasteiger partial charge >= 0.3 is 18.0 Å². The highest BCUT2D eigenvalue weighted by molar-refractivity contribution is 8.00. The van der Waals surface area contributed by atoms with Gasteiger partial charge in [-0.1, -0.05) is 84.0 Å². The lowest BCUT2D eigenvalue weighted by molar-refractivity contribution is -0.911. The molecule has 4 amide bonds. The third-order valence-corrected chi connectivity index (χ3v) is 16.8. The number of nitrogens with zero attached hydrogens (tertiary/aromatic N) is 5. The largest absolute Gasteiger partial charge is 0.497 e. The topological polar surface area (TPSA) is 244 Å². The van der Waals surface area contributed by atoms with Crippen molar-refractivity contribution in [2.24, 2.45) is 12.2 Å². The van der Waals surface area contributed by atoms with Gasteiger partial charge in [0.05, 0.1) is 56.0 Å². The van der Waals surface area contributed by atoms with Gasteiger partial charge in [0.1, 0.15) is 52.9 Å². The van der Waals surface area contributed by atoms with Gasteiger partial charge in [0.25, 0.3) is 17.7 Å². The number of nitrogens with one attached hydrogen (secondary N) is 3. The molecule has 3 aliphatic heterocycles. The van der Waals surface area contributed by atoms with Crippen LogP contribution in [0, 0.1) is 0 Å². The Morgan fingerprint density at radius 2 is 1.48 bits per heavy atom. The van der Waals surface area contributed by atoms with E-state index in [2.05, 4.69) is 26.1 Å². The van der Waals surface area contributed by atoms with Gasteiger partial charge in [-0.2, -0.15) is 0 Å². The van der Waals surface area contributed by atoms with E-state index in [4.69, 9.17) is 28.5 Å². The predicted octanol–water partition coefficient (Wildman–Crippen LogP) is 8.80. The van der Waals surface area contributed by atoms with Crippen LogP contribution in [0.4, 0.5) is 9.93 Å². The van der Waals surface area contributed by atoms with Crippen LogP contribution in [-0.4, -0.2) is 134 Å². The van der Waals surface area contributed by atoms with Gasteiger partial charge in [-0.15, -0.1) is 23.1 Å². The summed E-state index contributed by atoms with van der Waals surface area (Å²) in [7, 11) is 3.35. The molecule has 3 aliphatic rings. The van der Waals surface area contributed by atoms with E-state index in [0.717, 1.165) is 42.8 Å². The molecule has 0 bridgehead atoms. The minimum absolute atomic E-state index is 0.0532. The van der Waals surface area contributed by atoms with E-state index < -0.39 is 69.9 Å². The maximum atomic E-state index is 15.3. The van der Waals surface area contributed by atoms with Crippen molar-refractivity contribution in [3.63, 3.8) is 0 Å². The molecule has 0 saturated carbocycles. The number of ether oxygens (including phenoxy) is 5. The van der Waals surface area contributed by atoms with Crippen LogP contribution in [0.2, 0.25) is 0 Å². The Kier molecular flexibility index (Phi) is 19.0. The number of methoxy groups -OCH3 is 1. The fourth-order valence-corrected chi connectivity index (χ4v) is 12.5. The number of rotatable bonds is 21. The number of para-hydroxylation sites is 1. The number of amides is 4. The Labute approximate surface area is 512 Å². The van der Waals surface area contributed by atoms with E-state index >= 15 is 4.79 Å². The number of hydrogen-bond donors (Lipinski definition) is 3. The molecule has 0 aliphatic carbocycles. The first-order valence-corrected chi connectivity index (χ1v) is 30.5. The number of oxime groups is 1. The normalized spacial score (nSPS) is 16.8. The highest BCUT2D eigenvalue weighted by atomic mass is 32.2. The molecule has 0 radical (unpaired) electrons. The van der Waals surface area contributed by atoms with E-state index in [9.17, 15) is 28.8 Å². The van der Waals surface area contributed by atoms with E-state index in [0.29, 0.717) is 56.5 Å². The molecular weight excluding hydrogens is 1150 g/mol. The van der Waals surface area contributed by atoms with Crippen LogP contribution in [-0.2, 0) is 51.9 Å². The van der Waals surface area contributed by atoms with Crippen LogP contribution in [0.3, 0.4) is 0 Å². The lowest BCUT2D eigenvalue weighted by Crippen LogP contribution is -2.71. The van der Waals surface area contributed by atoms with Crippen molar-refractivity contribution in [1.82, 2.24) is 25.1 Å². The van der Waals surface area contributed by atoms with Gasteiger partial charge in [0, 0.05) is 36.6 Å². The number of carbonyl (C=O) groups excluding carboxylic acids is 6. The number of carbonyl (C=O) groups is 6. The number of aryl methyl sites for hydroxylation is 1. The summed E-state index contributed by atoms with van der Waals surface area (Å²) in [4.78, 5) is 110. The molecule has 87 heavy (non-hydrogen) atoms. The number of fused-ring (bicyclic) bond motifs is 2. The van der Waals surface area contributed by atoms with Gasteiger partial charge in [0.2, 0.25) is 11.0 Å². The van der Waals surface area contributed by atoms with Crippen LogP contribution >= 0.6 is 23.1 Å². The summed E-state index contributed by atoms with van der Waals surface area (Å²) in [5.41, 5.74) is -0.468. The molecule has 2 aromatic heterocycles. The molecule has 0 spiro atoms. The first kappa shape index (κ1) is 63.0. The number of benzene rings is 4. The second kappa shape index (κ2) is 26.2. The van der Waals surface area contributed by atoms with E-state index in [1.54, 1.807) is 84.7 Å². The maximum Gasteiger partial charge on any atom is 0.413 e. The zero-order valence-electron chi connectivity index (χ0n) is 50.4. The summed E-state index contributed by atoms with van der Waals surface area (Å²) < 4.78 is 31.0. The summed E-state index contributed by atoms with van der Waals surface area (Å²) in [6.07, 6.45) is 1.70. The lowest BCUT2D eigenvalue weighted by Gasteiger charge is -2.50. The highest BCUT2D eigenvalue weighted by Crippen LogP contribution is 2.43. The van der Waals surface area contributed by atoms with Gasteiger partial charge in [-0.25, -0.2) is 19.4 Å². The molecule has 21 nitrogen and oxygen atoms in total. The first-order valence-electron chi connectivity index (χ1n) is 28.6. The Balaban J connectivity index is 0.979. The summed E-state index contributed by atoms with van der Waals surface area (Å²) in [6, 6.07) is 29.8. The number of β-lactam (4-membered cyclic amide) rings is 1. The molecule has 6 aromatic rings. The van der Waals surface area contributed by atoms with E-state index in [-0.39, 0.29) is 52.5 Å². The standard InChI is InChI=1S/C64H72N8O13S2/c1-62(2,3)83-59(78)64(7,8)85-69-48(46-38-87-60(66-46)68-61(79)84-63(4,5)6)55(75)67-49-56(76)71-50(58(77)82-53(40-20-13-11-14-21-40)41-22-15-12-16-23-41)42(37-86-57(49)71)35-72(31-17-18-32-72)33-30-65-54(74)45-25-19-24-44-51(45)70(9)34-47(52(44)73)81-36-39-26-28-43(80-10)29-27-39/h11-16,19-29,34,38,49,53,57H,17-18,30-33,35-37H2,1-10H3,(H2-,65,66,67,68,74,75,79)/p+1/t49-,57-/m1/s1. The minimum atomic E-state index is -1.71. The van der Waals surface area contributed by atoms with Crippen LogP contribution in [0.5, 0.6) is 11.5 Å². The molecule has 23 heteroatoms. The number of thioether (sulfide) groups is 1. The van der Waals surface area contributed by atoms with Crippen LogP contribution < -0.4 is 30.9 Å². The zero-order valence-corrected chi connectivity index (χ0v) is 52.1. The Morgan fingerprint density at radius 3 is 2.11 bits per heavy atom. The van der Waals surface area contributed by atoms with Gasteiger partial charge < -0.3 is 48.2 Å². The Morgan fingerprint density at radius 1 is 0.828 bits per heavy atom. The first-order chi connectivity index (χ1) is 41.3. The maximum absolute atomic E-state index is 15.3. The van der Waals surface area contributed by atoms with Gasteiger partial charge in [-0.05, 0) is 96.3 Å². The fraction of sp³-hybridized carbons (Fsp3) is 0.391. The van der Waals surface area contributed by atoms with Crippen LogP contribution in [0.15, 0.2) is 136 Å². The molecule has 2 fully saturated rings. The average Bonchev–Trinajstić information content (AvgIpc) is 1.30. The summed E-state index contributed by atoms with van der Waals surface area (Å²) in [5, 5.41) is 13.7. The third-order valence-electron chi connectivity index (χ3n) is 14.7. The number of esters is 2. The second-order valence-corrected chi connectivity index (χ2v) is 26.0. The van der Waals surface area contributed by atoms with Crippen molar-refractivity contribution in [3.05, 3.63) is 164 Å². The van der Waals surface area contributed by atoms with Crippen LogP contribution in [0.1, 0.15) is 107 Å². The van der Waals surface area contributed by atoms with E-state index in [1.165, 1.54) is 35.9 Å².